The Hall–Kier alpha value is -3.03. The number of aromatic nitrogens is 4. The summed E-state index contributed by atoms with van der Waals surface area (Å²) < 4.78 is 21.2. The number of halogens is 1. The van der Waals surface area contributed by atoms with Crippen molar-refractivity contribution in [2.75, 3.05) is 11.4 Å². The Bertz CT molecular complexity index is 1070. The lowest BCUT2D eigenvalue weighted by atomic mass is 9.99. The fourth-order valence-corrected chi connectivity index (χ4v) is 4.15. The van der Waals surface area contributed by atoms with Crippen molar-refractivity contribution >= 4 is 17.4 Å². The number of esters is 1. The van der Waals surface area contributed by atoms with Gasteiger partial charge >= 0.3 is 5.97 Å². The summed E-state index contributed by atoms with van der Waals surface area (Å²) in [6.07, 6.45) is 7.36. The Morgan fingerprint density at radius 1 is 1.29 bits per heavy atom. The van der Waals surface area contributed by atoms with Crippen LogP contribution in [0.2, 0.25) is 0 Å². The second-order valence-electron chi connectivity index (χ2n) is 7.41. The van der Waals surface area contributed by atoms with Gasteiger partial charge in [0.1, 0.15) is 17.2 Å². The summed E-state index contributed by atoms with van der Waals surface area (Å²) in [5.41, 5.74) is 2.57. The standard InChI is InChI=1S/C20H20FN5O2/c1-12-4-5-16-14(9-13(21)10-22-16)17-3-2-7-25(17)18-6-8-26-19(24-18)15(11-23-26)20(27)28-12/h6,8-12,17H,2-5,7H2,1H3/t12-,17-/m1/s1. The van der Waals surface area contributed by atoms with Gasteiger partial charge in [-0.15, -0.1) is 0 Å². The number of aryl methyl sites for hydroxylation is 1. The average Bonchev–Trinajstić information content (AvgIpc) is 3.32. The van der Waals surface area contributed by atoms with E-state index in [1.165, 1.54) is 12.4 Å². The van der Waals surface area contributed by atoms with Crippen LogP contribution in [0.1, 0.15) is 53.8 Å². The minimum Gasteiger partial charge on any atom is -0.459 e. The van der Waals surface area contributed by atoms with Crippen LogP contribution in [0.15, 0.2) is 30.7 Å². The smallest absolute Gasteiger partial charge is 0.343 e. The number of fused-ring (bicyclic) bond motifs is 5. The maximum absolute atomic E-state index is 14.0. The first-order chi connectivity index (χ1) is 13.6. The highest BCUT2D eigenvalue weighted by Gasteiger charge is 2.31. The van der Waals surface area contributed by atoms with Gasteiger partial charge in [0.05, 0.1) is 24.5 Å². The van der Waals surface area contributed by atoms with Crippen LogP contribution in [0.3, 0.4) is 0 Å². The summed E-state index contributed by atoms with van der Waals surface area (Å²) in [6, 6.07) is 3.47. The van der Waals surface area contributed by atoms with E-state index in [1.54, 1.807) is 16.8 Å². The minimum atomic E-state index is -0.434. The lowest BCUT2D eigenvalue weighted by Gasteiger charge is -2.27. The molecule has 0 spiro atoms. The van der Waals surface area contributed by atoms with E-state index in [1.807, 2.05) is 13.0 Å². The number of hydrogen-bond acceptors (Lipinski definition) is 6. The van der Waals surface area contributed by atoms with Crippen LogP contribution in [0, 0.1) is 5.82 Å². The number of anilines is 1. The molecular weight excluding hydrogens is 361 g/mol. The predicted molar refractivity (Wildman–Crippen MR) is 99.7 cm³/mol. The average molecular weight is 381 g/mol. The Balaban J connectivity index is 1.69. The predicted octanol–water partition coefficient (Wildman–Crippen LogP) is 3.10. The van der Waals surface area contributed by atoms with Gasteiger partial charge in [-0.1, -0.05) is 0 Å². The first-order valence-electron chi connectivity index (χ1n) is 9.56. The SMILES string of the molecule is C[C@@H]1CCc2ncc(F)cc2[C@H]2CCCN2c2ccn3ncc(c3n2)C(=O)O1. The van der Waals surface area contributed by atoms with E-state index in [9.17, 15) is 9.18 Å². The van der Waals surface area contributed by atoms with E-state index in [0.717, 1.165) is 36.5 Å². The third-order valence-electron chi connectivity index (χ3n) is 5.55. The molecule has 144 valence electrons. The molecular formula is C20H20FN5O2. The van der Waals surface area contributed by atoms with E-state index < -0.39 is 5.97 Å². The molecule has 2 aliphatic heterocycles. The highest BCUT2D eigenvalue weighted by molar-refractivity contribution is 5.95. The van der Waals surface area contributed by atoms with Crippen LogP contribution in [0.4, 0.5) is 10.2 Å². The third kappa shape index (κ3) is 2.80. The summed E-state index contributed by atoms with van der Waals surface area (Å²) in [6.45, 7) is 2.67. The van der Waals surface area contributed by atoms with Crippen LogP contribution in [-0.4, -0.2) is 38.2 Å². The van der Waals surface area contributed by atoms with Gasteiger partial charge in [0, 0.05) is 18.4 Å². The second-order valence-corrected chi connectivity index (χ2v) is 7.41. The van der Waals surface area contributed by atoms with E-state index in [0.29, 0.717) is 24.1 Å². The lowest BCUT2D eigenvalue weighted by Crippen LogP contribution is -2.25. The van der Waals surface area contributed by atoms with Gasteiger partial charge < -0.3 is 9.64 Å². The fourth-order valence-electron chi connectivity index (χ4n) is 4.15. The number of carbonyl (C=O) groups excluding carboxylic acids is 1. The molecule has 2 aliphatic rings. The zero-order valence-electron chi connectivity index (χ0n) is 15.5. The van der Waals surface area contributed by atoms with E-state index in [4.69, 9.17) is 9.72 Å². The summed E-state index contributed by atoms with van der Waals surface area (Å²) >= 11 is 0. The first kappa shape index (κ1) is 17.1. The molecule has 28 heavy (non-hydrogen) atoms. The van der Waals surface area contributed by atoms with Crippen molar-refractivity contribution in [2.24, 2.45) is 0 Å². The van der Waals surface area contributed by atoms with Gasteiger partial charge in [-0.2, -0.15) is 5.10 Å². The molecule has 5 rings (SSSR count). The van der Waals surface area contributed by atoms with Crippen LogP contribution in [0.25, 0.3) is 5.65 Å². The molecule has 1 saturated heterocycles. The molecule has 1 fully saturated rings. The van der Waals surface area contributed by atoms with Crippen LogP contribution >= 0.6 is 0 Å². The number of ether oxygens (including phenoxy) is 1. The molecule has 2 atom stereocenters. The quantitative estimate of drug-likeness (QED) is 0.557. The minimum absolute atomic E-state index is 0.00667. The molecule has 5 heterocycles. The van der Waals surface area contributed by atoms with Crippen molar-refractivity contribution in [3.8, 4) is 0 Å². The Kier molecular flexibility index (Phi) is 3.99. The Morgan fingerprint density at radius 3 is 3.07 bits per heavy atom. The maximum atomic E-state index is 14.0. The molecule has 0 aromatic carbocycles. The van der Waals surface area contributed by atoms with Gasteiger partial charge in [-0.25, -0.2) is 18.7 Å². The Morgan fingerprint density at radius 2 is 2.18 bits per heavy atom. The number of rotatable bonds is 0. The molecule has 3 aromatic rings. The van der Waals surface area contributed by atoms with Gasteiger partial charge in [0.2, 0.25) is 0 Å². The number of hydrogen-bond donors (Lipinski definition) is 0. The van der Waals surface area contributed by atoms with Gasteiger partial charge in [0.15, 0.2) is 5.65 Å². The normalized spacial score (nSPS) is 22.2. The van der Waals surface area contributed by atoms with E-state index >= 15 is 0 Å². The molecule has 0 aliphatic carbocycles. The summed E-state index contributed by atoms with van der Waals surface area (Å²) in [5.74, 6) is -0.0282. The molecule has 8 heteroatoms. The van der Waals surface area contributed by atoms with Crippen molar-refractivity contribution in [3.05, 3.63) is 53.4 Å². The number of cyclic esters (lactones) is 1. The molecule has 3 aromatic heterocycles. The topological polar surface area (TPSA) is 72.6 Å². The number of pyridine rings is 1. The monoisotopic (exact) mass is 381 g/mol. The van der Waals surface area contributed by atoms with Gasteiger partial charge in [-0.3, -0.25) is 4.98 Å². The third-order valence-corrected chi connectivity index (χ3v) is 5.55. The van der Waals surface area contributed by atoms with E-state index in [2.05, 4.69) is 15.0 Å². The molecule has 0 radical (unpaired) electrons. The molecule has 0 amide bonds. The molecule has 2 bridgehead atoms. The summed E-state index contributed by atoms with van der Waals surface area (Å²) in [4.78, 5) is 23.9. The molecule has 0 saturated carbocycles. The summed E-state index contributed by atoms with van der Waals surface area (Å²) in [7, 11) is 0. The Labute approximate surface area is 161 Å². The highest BCUT2D eigenvalue weighted by Crippen LogP contribution is 2.37. The fraction of sp³-hybridized carbons (Fsp3) is 0.400. The lowest BCUT2D eigenvalue weighted by molar-refractivity contribution is 0.0327. The molecule has 0 N–H and O–H groups in total. The maximum Gasteiger partial charge on any atom is 0.343 e. The van der Waals surface area contributed by atoms with Crippen LogP contribution in [0.5, 0.6) is 0 Å². The van der Waals surface area contributed by atoms with Crippen LogP contribution < -0.4 is 4.90 Å². The largest absolute Gasteiger partial charge is 0.459 e. The van der Waals surface area contributed by atoms with Crippen LogP contribution in [-0.2, 0) is 11.2 Å². The van der Waals surface area contributed by atoms with Gasteiger partial charge in [0.25, 0.3) is 0 Å². The molecule has 0 unspecified atom stereocenters. The van der Waals surface area contributed by atoms with Gasteiger partial charge in [-0.05, 0) is 50.3 Å². The van der Waals surface area contributed by atoms with Crippen molar-refractivity contribution in [1.82, 2.24) is 19.6 Å². The number of carbonyl (C=O) groups is 1. The summed E-state index contributed by atoms with van der Waals surface area (Å²) in [5, 5.41) is 4.22. The highest BCUT2D eigenvalue weighted by atomic mass is 19.1. The first-order valence-corrected chi connectivity index (χ1v) is 9.56. The van der Waals surface area contributed by atoms with Crippen molar-refractivity contribution in [3.63, 3.8) is 0 Å². The van der Waals surface area contributed by atoms with E-state index in [-0.39, 0.29) is 18.0 Å². The van der Waals surface area contributed by atoms with Crippen molar-refractivity contribution in [2.45, 2.75) is 44.8 Å². The number of nitrogens with zero attached hydrogens (tertiary/aromatic N) is 5. The second kappa shape index (κ2) is 6.54. The van der Waals surface area contributed by atoms with Crippen molar-refractivity contribution in [1.29, 1.82) is 0 Å². The zero-order chi connectivity index (χ0) is 19.3. The molecule has 7 nitrogen and oxygen atoms in total. The zero-order valence-corrected chi connectivity index (χ0v) is 15.5. The van der Waals surface area contributed by atoms with Crippen molar-refractivity contribution < 1.29 is 13.9 Å².